The number of tetrazole rings is 1. The highest BCUT2D eigenvalue weighted by Gasteiger charge is 2.20. The van der Waals surface area contributed by atoms with E-state index in [0.29, 0.717) is 37.7 Å². The van der Waals surface area contributed by atoms with Gasteiger partial charge in [0, 0.05) is 24.7 Å². The number of anilines is 1. The summed E-state index contributed by atoms with van der Waals surface area (Å²) in [7, 11) is 0. The number of hydrogen-bond acceptors (Lipinski definition) is 6. The van der Waals surface area contributed by atoms with Crippen molar-refractivity contribution in [2.45, 2.75) is 25.8 Å². The highest BCUT2D eigenvalue weighted by atomic mass is 16.5. The average molecular weight is 412 g/mol. The number of benzene rings is 1. The van der Waals surface area contributed by atoms with E-state index in [1.54, 1.807) is 29.2 Å². The first-order chi connectivity index (χ1) is 14.6. The van der Waals surface area contributed by atoms with Crippen LogP contribution in [0.25, 0.3) is 5.69 Å². The monoisotopic (exact) mass is 412 g/mol. The highest BCUT2D eigenvalue weighted by molar-refractivity contribution is 5.92. The SMILES string of the molecule is O=C(Nc1ccc(-n2nnn(CC(=O)N3CCOCC3)c2=O)cc1)C1CC=CCC1. The topological polar surface area (TPSA) is 111 Å². The molecule has 2 heterocycles. The second-order valence-corrected chi connectivity index (χ2v) is 7.34. The molecule has 1 fully saturated rings. The smallest absolute Gasteiger partial charge is 0.368 e. The molecule has 1 atom stereocenters. The van der Waals surface area contributed by atoms with E-state index in [-0.39, 0.29) is 24.3 Å². The van der Waals surface area contributed by atoms with E-state index in [1.165, 1.54) is 0 Å². The fourth-order valence-electron chi connectivity index (χ4n) is 3.54. The number of ether oxygens (including phenoxy) is 1. The van der Waals surface area contributed by atoms with Crippen LogP contribution >= 0.6 is 0 Å². The summed E-state index contributed by atoms with van der Waals surface area (Å²) in [6, 6.07) is 6.80. The summed E-state index contributed by atoms with van der Waals surface area (Å²) in [5, 5.41) is 10.6. The van der Waals surface area contributed by atoms with Crippen LogP contribution in [0, 0.1) is 5.92 Å². The normalized spacial score (nSPS) is 18.9. The molecular formula is C20H24N6O4. The van der Waals surface area contributed by atoms with Crippen LogP contribution in [-0.2, 0) is 20.9 Å². The van der Waals surface area contributed by atoms with E-state index in [4.69, 9.17) is 4.74 Å². The van der Waals surface area contributed by atoms with Gasteiger partial charge in [-0.15, -0.1) is 0 Å². The predicted octanol–water partition coefficient (Wildman–Crippen LogP) is 0.583. The first kappa shape index (κ1) is 20.0. The van der Waals surface area contributed by atoms with Crippen molar-refractivity contribution in [1.29, 1.82) is 0 Å². The zero-order valence-corrected chi connectivity index (χ0v) is 16.6. The Morgan fingerprint density at radius 2 is 1.87 bits per heavy atom. The number of carbonyl (C=O) groups excluding carboxylic acids is 2. The lowest BCUT2D eigenvalue weighted by atomic mass is 9.93. The molecule has 158 valence electrons. The van der Waals surface area contributed by atoms with Crippen LogP contribution in [0.5, 0.6) is 0 Å². The molecule has 4 rings (SSSR count). The predicted molar refractivity (Wildman–Crippen MR) is 108 cm³/mol. The lowest BCUT2D eigenvalue weighted by molar-refractivity contribution is -0.136. The van der Waals surface area contributed by atoms with Crippen LogP contribution in [0.2, 0.25) is 0 Å². The fraction of sp³-hybridized carbons (Fsp3) is 0.450. The van der Waals surface area contributed by atoms with E-state index >= 15 is 0 Å². The number of aromatic nitrogens is 4. The minimum atomic E-state index is -0.498. The van der Waals surface area contributed by atoms with Crippen LogP contribution in [0.1, 0.15) is 19.3 Å². The molecule has 0 spiro atoms. The minimum Gasteiger partial charge on any atom is -0.378 e. The Morgan fingerprint density at radius 1 is 1.10 bits per heavy atom. The zero-order valence-electron chi connectivity index (χ0n) is 16.6. The van der Waals surface area contributed by atoms with Crippen molar-refractivity contribution in [2.24, 2.45) is 5.92 Å². The van der Waals surface area contributed by atoms with Crippen molar-refractivity contribution in [1.82, 2.24) is 24.7 Å². The molecule has 1 saturated heterocycles. The van der Waals surface area contributed by atoms with E-state index < -0.39 is 5.69 Å². The molecule has 1 aliphatic carbocycles. The van der Waals surface area contributed by atoms with Gasteiger partial charge in [0.1, 0.15) is 6.54 Å². The van der Waals surface area contributed by atoms with Crippen LogP contribution in [0.3, 0.4) is 0 Å². The molecule has 1 unspecified atom stereocenters. The lowest BCUT2D eigenvalue weighted by Crippen LogP contribution is -2.43. The molecule has 10 heteroatoms. The van der Waals surface area contributed by atoms with Gasteiger partial charge < -0.3 is 15.0 Å². The van der Waals surface area contributed by atoms with Crippen LogP contribution in [0.4, 0.5) is 5.69 Å². The molecule has 1 aromatic carbocycles. The lowest BCUT2D eigenvalue weighted by Gasteiger charge is -2.26. The summed E-state index contributed by atoms with van der Waals surface area (Å²) >= 11 is 0. The molecule has 10 nitrogen and oxygen atoms in total. The van der Waals surface area contributed by atoms with Crippen LogP contribution < -0.4 is 11.0 Å². The van der Waals surface area contributed by atoms with Gasteiger partial charge in [-0.1, -0.05) is 12.2 Å². The third-order valence-electron chi connectivity index (χ3n) is 5.31. The number of allylic oxidation sites excluding steroid dienone is 2. The Morgan fingerprint density at radius 3 is 2.57 bits per heavy atom. The summed E-state index contributed by atoms with van der Waals surface area (Å²) in [5.41, 5.74) is 0.660. The quantitative estimate of drug-likeness (QED) is 0.720. The molecule has 30 heavy (non-hydrogen) atoms. The molecule has 0 radical (unpaired) electrons. The Kier molecular flexibility index (Phi) is 6.03. The summed E-state index contributed by atoms with van der Waals surface area (Å²) in [6.07, 6.45) is 6.66. The summed E-state index contributed by atoms with van der Waals surface area (Å²) in [6.45, 7) is 1.84. The van der Waals surface area contributed by atoms with Crippen molar-refractivity contribution in [3.63, 3.8) is 0 Å². The van der Waals surface area contributed by atoms with Crippen molar-refractivity contribution >= 4 is 17.5 Å². The number of morpholine rings is 1. The van der Waals surface area contributed by atoms with Crippen LogP contribution in [0.15, 0.2) is 41.2 Å². The number of nitrogens with one attached hydrogen (secondary N) is 1. The number of amides is 2. The van der Waals surface area contributed by atoms with E-state index in [9.17, 15) is 14.4 Å². The van der Waals surface area contributed by atoms with E-state index in [0.717, 1.165) is 28.6 Å². The van der Waals surface area contributed by atoms with Gasteiger partial charge in [-0.05, 0) is 54.0 Å². The third kappa shape index (κ3) is 4.48. The van der Waals surface area contributed by atoms with Gasteiger partial charge in [-0.25, -0.2) is 4.79 Å². The maximum atomic E-state index is 12.6. The Hall–Kier alpha value is -3.27. The summed E-state index contributed by atoms with van der Waals surface area (Å²) in [5.74, 6) is -0.207. The molecule has 1 aromatic heterocycles. The van der Waals surface area contributed by atoms with Crippen molar-refractivity contribution in [3.05, 3.63) is 46.9 Å². The van der Waals surface area contributed by atoms with Gasteiger partial charge in [0.25, 0.3) is 0 Å². The maximum Gasteiger partial charge on any atom is 0.368 e. The molecule has 2 aromatic rings. The van der Waals surface area contributed by atoms with Gasteiger partial charge in [0.2, 0.25) is 11.8 Å². The minimum absolute atomic E-state index is 0.00293. The van der Waals surface area contributed by atoms with Crippen molar-refractivity contribution in [3.8, 4) is 5.69 Å². The highest BCUT2D eigenvalue weighted by Crippen LogP contribution is 2.20. The number of rotatable bonds is 5. The van der Waals surface area contributed by atoms with Crippen molar-refractivity contribution in [2.75, 3.05) is 31.6 Å². The largest absolute Gasteiger partial charge is 0.378 e. The standard InChI is InChI=1S/C20H24N6O4/c27-18(24-10-12-30-13-11-24)14-25-20(29)26(23-22-25)17-8-6-16(7-9-17)21-19(28)15-4-2-1-3-5-15/h1-2,6-9,15H,3-5,10-14H2,(H,21,28). The Balaban J connectivity index is 1.40. The molecule has 1 aliphatic heterocycles. The van der Waals surface area contributed by atoms with Gasteiger partial charge in [-0.3, -0.25) is 9.59 Å². The van der Waals surface area contributed by atoms with Gasteiger partial charge in [0.05, 0.1) is 18.9 Å². The fourth-order valence-corrected chi connectivity index (χ4v) is 3.54. The summed E-state index contributed by atoms with van der Waals surface area (Å²) < 4.78 is 7.40. The van der Waals surface area contributed by atoms with Crippen molar-refractivity contribution < 1.29 is 14.3 Å². The number of hydrogen-bond donors (Lipinski definition) is 1. The molecule has 0 bridgehead atoms. The Labute approximate surface area is 173 Å². The maximum absolute atomic E-state index is 12.6. The molecule has 2 aliphatic rings. The third-order valence-corrected chi connectivity index (χ3v) is 5.31. The van der Waals surface area contributed by atoms with E-state index in [1.807, 2.05) is 6.08 Å². The second-order valence-electron chi connectivity index (χ2n) is 7.34. The average Bonchev–Trinajstić information content (AvgIpc) is 3.15. The molecule has 2 amide bonds. The zero-order chi connectivity index (χ0) is 20.9. The number of nitrogens with zero attached hydrogens (tertiary/aromatic N) is 5. The molecular weight excluding hydrogens is 388 g/mol. The van der Waals surface area contributed by atoms with Gasteiger partial charge in [-0.2, -0.15) is 9.36 Å². The second kappa shape index (κ2) is 9.04. The van der Waals surface area contributed by atoms with Gasteiger partial charge in [0.15, 0.2) is 0 Å². The Bertz CT molecular complexity index is 987. The van der Waals surface area contributed by atoms with Crippen LogP contribution in [-0.4, -0.2) is 62.8 Å². The first-order valence-corrected chi connectivity index (χ1v) is 10.1. The summed E-state index contributed by atoms with van der Waals surface area (Å²) in [4.78, 5) is 38.9. The van der Waals surface area contributed by atoms with Gasteiger partial charge >= 0.3 is 5.69 Å². The van der Waals surface area contributed by atoms with E-state index in [2.05, 4.69) is 21.8 Å². The first-order valence-electron chi connectivity index (χ1n) is 10.1. The molecule has 1 N–H and O–H groups in total. The molecule has 0 saturated carbocycles. The number of carbonyl (C=O) groups is 2.